The number of nitrogens with one attached hydrogen (secondary N) is 1. The van der Waals surface area contributed by atoms with Gasteiger partial charge in [0.15, 0.2) is 5.82 Å². The minimum atomic E-state index is -0.441. The number of rotatable bonds is 4. The van der Waals surface area contributed by atoms with Crippen molar-refractivity contribution < 1.29 is 18.3 Å². The van der Waals surface area contributed by atoms with E-state index >= 15 is 0 Å². The monoisotopic (exact) mass is 372 g/mol. The number of hydrogen-bond donors (Lipinski definition) is 1. The van der Waals surface area contributed by atoms with Gasteiger partial charge in [-0.2, -0.15) is 0 Å². The first-order chi connectivity index (χ1) is 13.1. The van der Waals surface area contributed by atoms with Gasteiger partial charge in [0.05, 0.1) is 42.5 Å². The molecule has 3 aliphatic rings. The third kappa shape index (κ3) is 2.62. The van der Waals surface area contributed by atoms with Gasteiger partial charge in [-0.05, 0) is 25.8 Å². The van der Waals surface area contributed by atoms with Crippen molar-refractivity contribution >= 4 is 11.9 Å². The fraction of sp³-hybridized carbons (Fsp3) is 0.526. The molecule has 0 unspecified atom stereocenters. The Morgan fingerprint density at radius 3 is 3.00 bits per heavy atom. The quantitative estimate of drug-likeness (QED) is 0.883. The lowest BCUT2D eigenvalue weighted by molar-refractivity contribution is 0.0141. The number of halogens is 1. The standard InChI is InChI=1S/C19H21FN4O3/c1-11-13(3-5-26-11)17(25)21-8-14-15-9-24(18-22-6-12(20)7-23-18)10-19(15)4-2-16(14)27-19/h3,5-7,14-16H,2,4,8-10H2,1H3,(H,21,25)/t14-,15+,16+,19+/m0/s1. The summed E-state index contributed by atoms with van der Waals surface area (Å²) in [6.07, 6.45) is 6.09. The van der Waals surface area contributed by atoms with Crippen molar-refractivity contribution in [2.75, 3.05) is 24.5 Å². The van der Waals surface area contributed by atoms with Crippen molar-refractivity contribution in [2.45, 2.75) is 31.5 Å². The second-order valence-corrected chi connectivity index (χ2v) is 7.71. The summed E-state index contributed by atoms with van der Waals surface area (Å²) in [5, 5.41) is 3.05. The maximum atomic E-state index is 13.1. The van der Waals surface area contributed by atoms with E-state index in [2.05, 4.69) is 20.2 Å². The fourth-order valence-corrected chi connectivity index (χ4v) is 5.01. The van der Waals surface area contributed by atoms with E-state index in [9.17, 15) is 9.18 Å². The molecule has 8 heteroatoms. The van der Waals surface area contributed by atoms with Crippen molar-refractivity contribution in [3.05, 3.63) is 41.9 Å². The van der Waals surface area contributed by atoms with Gasteiger partial charge in [-0.3, -0.25) is 4.79 Å². The van der Waals surface area contributed by atoms with E-state index in [-0.39, 0.29) is 23.5 Å². The molecule has 0 aliphatic carbocycles. The van der Waals surface area contributed by atoms with Crippen LogP contribution in [0.25, 0.3) is 0 Å². The minimum absolute atomic E-state index is 0.116. The van der Waals surface area contributed by atoms with Crippen molar-refractivity contribution in [1.82, 2.24) is 15.3 Å². The van der Waals surface area contributed by atoms with E-state index < -0.39 is 5.82 Å². The zero-order valence-corrected chi connectivity index (χ0v) is 15.0. The van der Waals surface area contributed by atoms with Crippen molar-refractivity contribution in [3.63, 3.8) is 0 Å². The third-order valence-corrected chi connectivity index (χ3v) is 6.28. The number of fused-ring (bicyclic) bond motifs is 1. The lowest BCUT2D eigenvalue weighted by Crippen LogP contribution is -2.41. The van der Waals surface area contributed by atoms with Gasteiger partial charge in [-0.25, -0.2) is 14.4 Å². The summed E-state index contributed by atoms with van der Waals surface area (Å²) in [5.74, 6) is 1.15. The van der Waals surface area contributed by atoms with E-state index in [1.54, 1.807) is 13.0 Å². The number of carbonyl (C=O) groups excluding carboxylic acids is 1. The van der Waals surface area contributed by atoms with Gasteiger partial charge in [0.2, 0.25) is 5.95 Å². The summed E-state index contributed by atoms with van der Waals surface area (Å²) in [4.78, 5) is 22.7. The highest BCUT2D eigenvalue weighted by Crippen LogP contribution is 2.54. The molecule has 2 bridgehead atoms. The van der Waals surface area contributed by atoms with Crippen LogP contribution in [0.2, 0.25) is 0 Å². The first kappa shape index (κ1) is 16.7. The number of hydrogen-bond acceptors (Lipinski definition) is 6. The molecule has 0 saturated carbocycles. The molecule has 2 aromatic rings. The van der Waals surface area contributed by atoms with Gasteiger partial charge >= 0.3 is 0 Å². The Hall–Kier alpha value is -2.48. The molecule has 3 aliphatic heterocycles. The van der Waals surface area contributed by atoms with Gasteiger partial charge in [0.25, 0.3) is 5.91 Å². The van der Waals surface area contributed by atoms with E-state index in [0.29, 0.717) is 36.3 Å². The zero-order chi connectivity index (χ0) is 18.6. The van der Waals surface area contributed by atoms with Crippen LogP contribution in [-0.4, -0.2) is 47.2 Å². The molecule has 7 nitrogen and oxygen atoms in total. The Bertz CT molecular complexity index is 870. The first-order valence-electron chi connectivity index (χ1n) is 9.28. The Balaban J connectivity index is 1.30. The van der Waals surface area contributed by atoms with Crippen LogP contribution in [0.15, 0.2) is 29.1 Å². The van der Waals surface area contributed by atoms with Gasteiger partial charge in [0.1, 0.15) is 5.76 Å². The molecule has 27 heavy (non-hydrogen) atoms. The van der Waals surface area contributed by atoms with Crippen LogP contribution in [0.5, 0.6) is 0 Å². The molecule has 1 N–H and O–H groups in total. The van der Waals surface area contributed by atoms with Gasteiger partial charge in [-0.1, -0.05) is 0 Å². The average Bonchev–Trinajstić information content (AvgIpc) is 3.40. The number of nitrogens with zero attached hydrogens (tertiary/aromatic N) is 3. The van der Waals surface area contributed by atoms with Crippen LogP contribution >= 0.6 is 0 Å². The number of anilines is 1. The smallest absolute Gasteiger partial charge is 0.254 e. The minimum Gasteiger partial charge on any atom is -0.469 e. The fourth-order valence-electron chi connectivity index (χ4n) is 5.01. The Kier molecular flexibility index (Phi) is 3.72. The molecule has 3 fully saturated rings. The lowest BCUT2D eigenvalue weighted by Gasteiger charge is -2.29. The number of aryl methyl sites for hydroxylation is 1. The third-order valence-electron chi connectivity index (χ3n) is 6.28. The number of furan rings is 1. The predicted octanol–water partition coefficient (Wildman–Crippen LogP) is 1.93. The zero-order valence-electron chi connectivity index (χ0n) is 15.0. The second-order valence-electron chi connectivity index (χ2n) is 7.71. The maximum Gasteiger partial charge on any atom is 0.254 e. The number of ether oxygens (including phenoxy) is 1. The number of aromatic nitrogens is 2. The molecule has 3 saturated heterocycles. The van der Waals surface area contributed by atoms with Crippen molar-refractivity contribution in [2.24, 2.45) is 11.8 Å². The molecular formula is C19H21FN4O3. The van der Waals surface area contributed by atoms with Crippen molar-refractivity contribution in [3.8, 4) is 0 Å². The molecule has 0 aromatic carbocycles. The lowest BCUT2D eigenvalue weighted by atomic mass is 9.73. The summed E-state index contributed by atoms with van der Waals surface area (Å²) in [6, 6.07) is 1.69. The molecule has 2 aromatic heterocycles. The number of carbonyl (C=O) groups is 1. The highest BCUT2D eigenvalue weighted by atomic mass is 19.1. The largest absolute Gasteiger partial charge is 0.469 e. The molecular weight excluding hydrogens is 351 g/mol. The molecule has 4 atom stereocenters. The predicted molar refractivity (Wildman–Crippen MR) is 93.8 cm³/mol. The van der Waals surface area contributed by atoms with E-state index in [1.807, 2.05) is 0 Å². The van der Waals surface area contributed by atoms with Crippen LogP contribution in [-0.2, 0) is 4.74 Å². The Morgan fingerprint density at radius 1 is 1.44 bits per heavy atom. The van der Waals surface area contributed by atoms with Gasteiger partial charge in [-0.15, -0.1) is 0 Å². The SMILES string of the molecule is Cc1occc1C(=O)NC[C@H]1[C@H]2CN(c3ncc(F)cn3)C[C@]23CC[C@H]1O3. The van der Waals surface area contributed by atoms with E-state index in [0.717, 1.165) is 19.4 Å². The van der Waals surface area contributed by atoms with Crippen molar-refractivity contribution in [1.29, 1.82) is 0 Å². The summed E-state index contributed by atoms with van der Waals surface area (Å²) in [7, 11) is 0. The average molecular weight is 372 g/mol. The Labute approximate surface area is 155 Å². The van der Waals surface area contributed by atoms with Gasteiger partial charge < -0.3 is 19.4 Å². The molecule has 142 valence electrons. The first-order valence-corrected chi connectivity index (χ1v) is 9.28. The molecule has 0 radical (unpaired) electrons. The summed E-state index contributed by atoms with van der Waals surface area (Å²) >= 11 is 0. The van der Waals surface area contributed by atoms with Crippen LogP contribution in [0, 0.1) is 24.6 Å². The summed E-state index contributed by atoms with van der Waals surface area (Å²) in [5.41, 5.74) is 0.366. The molecule has 5 heterocycles. The Morgan fingerprint density at radius 2 is 2.26 bits per heavy atom. The second kappa shape index (κ2) is 6.02. The van der Waals surface area contributed by atoms with Crippen LogP contribution in [0.1, 0.15) is 29.0 Å². The topological polar surface area (TPSA) is 80.5 Å². The molecule has 1 amide bonds. The van der Waals surface area contributed by atoms with Crippen LogP contribution in [0.3, 0.4) is 0 Å². The molecule has 5 rings (SSSR count). The normalized spacial score (nSPS) is 31.3. The van der Waals surface area contributed by atoms with Crippen LogP contribution in [0.4, 0.5) is 10.3 Å². The van der Waals surface area contributed by atoms with E-state index in [1.165, 1.54) is 18.7 Å². The van der Waals surface area contributed by atoms with Gasteiger partial charge in [0, 0.05) is 24.9 Å². The summed E-state index contributed by atoms with van der Waals surface area (Å²) in [6.45, 7) is 3.82. The van der Waals surface area contributed by atoms with Crippen LogP contribution < -0.4 is 10.2 Å². The summed E-state index contributed by atoms with van der Waals surface area (Å²) < 4.78 is 24.7. The van der Waals surface area contributed by atoms with E-state index in [4.69, 9.17) is 9.15 Å². The highest BCUT2D eigenvalue weighted by Gasteiger charge is 2.63. The molecule has 1 spiro atoms. The maximum absolute atomic E-state index is 13.1. The highest BCUT2D eigenvalue weighted by molar-refractivity contribution is 5.95. The number of amides is 1.